The summed E-state index contributed by atoms with van der Waals surface area (Å²) in [6, 6.07) is 6.62. The van der Waals surface area contributed by atoms with Gasteiger partial charge in [-0.25, -0.2) is 4.98 Å². The van der Waals surface area contributed by atoms with Crippen LogP contribution in [-0.2, 0) is 6.54 Å². The number of carbonyl (C=O) groups excluding carboxylic acids is 1. The lowest BCUT2D eigenvalue weighted by Gasteiger charge is -2.17. The number of aromatic nitrogens is 1. The number of alkyl halides is 2. The van der Waals surface area contributed by atoms with E-state index in [1.54, 1.807) is 25.2 Å². The van der Waals surface area contributed by atoms with Crippen LogP contribution < -0.4 is 0 Å². The van der Waals surface area contributed by atoms with E-state index in [2.05, 4.69) is 4.98 Å². The van der Waals surface area contributed by atoms with E-state index in [1.807, 2.05) is 6.92 Å². The molecule has 0 aliphatic rings. The molecule has 21 heavy (non-hydrogen) atoms. The Labute approximate surface area is 125 Å². The summed E-state index contributed by atoms with van der Waals surface area (Å²) in [5.41, 5.74) is 0.161. The molecule has 2 aromatic rings. The Bertz CT molecular complexity index is 631. The van der Waals surface area contributed by atoms with Gasteiger partial charge < -0.3 is 9.32 Å². The molecule has 0 fully saturated rings. The molecule has 0 saturated heterocycles. The van der Waals surface area contributed by atoms with Crippen LogP contribution in [0, 0.1) is 6.92 Å². The van der Waals surface area contributed by atoms with Gasteiger partial charge >= 0.3 is 0 Å². The molecule has 4 nitrogen and oxygen atoms in total. The van der Waals surface area contributed by atoms with E-state index in [4.69, 9.17) is 4.42 Å². The summed E-state index contributed by atoms with van der Waals surface area (Å²) in [5, 5.41) is 0.0278. The lowest BCUT2D eigenvalue weighted by atomic mass is 10.2. The Hall–Kier alpha value is -1.89. The van der Waals surface area contributed by atoms with E-state index in [0.29, 0.717) is 5.76 Å². The highest BCUT2D eigenvalue weighted by Gasteiger charge is 2.20. The smallest absolute Gasteiger partial charge is 0.290 e. The van der Waals surface area contributed by atoms with E-state index in [0.717, 1.165) is 5.76 Å². The SMILES string of the molecule is Cc1ccc(CN(C)C(=O)c2cccnc2SC(F)F)o1. The summed E-state index contributed by atoms with van der Waals surface area (Å²) in [6.45, 7) is 2.07. The van der Waals surface area contributed by atoms with Gasteiger partial charge in [-0.1, -0.05) is 0 Å². The highest BCUT2D eigenvalue weighted by atomic mass is 32.2. The first-order chi connectivity index (χ1) is 9.97. The van der Waals surface area contributed by atoms with Crippen molar-refractivity contribution >= 4 is 17.7 Å². The monoisotopic (exact) mass is 312 g/mol. The maximum absolute atomic E-state index is 12.5. The minimum atomic E-state index is -2.62. The molecule has 0 N–H and O–H groups in total. The number of rotatable bonds is 5. The molecule has 0 unspecified atom stereocenters. The van der Waals surface area contributed by atoms with E-state index >= 15 is 0 Å². The topological polar surface area (TPSA) is 46.3 Å². The van der Waals surface area contributed by atoms with Gasteiger partial charge in [-0.2, -0.15) is 8.78 Å². The molecule has 7 heteroatoms. The minimum absolute atomic E-state index is 0.0278. The summed E-state index contributed by atoms with van der Waals surface area (Å²) >= 11 is 0.266. The molecule has 1 amide bonds. The fourth-order valence-electron chi connectivity index (χ4n) is 1.81. The number of thioether (sulfide) groups is 1. The van der Waals surface area contributed by atoms with Crippen LogP contribution >= 0.6 is 11.8 Å². The third kappa shape index (κ3) is 4.04. The van der Waals surface area contributed by atoms with Crippen LogP contribution in [0.25, 0.3) is 0 Å². The normalized spacial score (nSPS) is 10.9. The second kappa shape index (κ2) is 6.71. The van der Waals surface area contributed by atoms with Crippen molar-refractivity contribution in [3.63, 3.8) is 0 Å². The fraction of sp³-hybridized carbons (Fsp3) is 0.286. The average molecular weight is 312 g/mol. The predicted octanol–water partition coefficient (Wildman–Crippen LogP) is 3.57. The number of hydrogen-bond donors (Lipinski definition) is 0. The van der Waals surface area contributed by atoms with Crippen LogP contribution in [0.15, 0.2) is 39.9 Å². The molecule has 0 aromatic carbocycles. The second-order valence-electron chi connectivity index (χ2n) is 4.41. The number of amides is 1. The number of carbonyl (C=O) groups is 1. The van der Waals surface area contributed by atoms with Gasteiger partial charge in [0.15, 0.2) is 0 Å². The molecule has 2 aromatic heterocycles. The molecule has 0 bridgehead atoms. The molecule has 2 heterocycles. The van der Waals surface area contributed by atoms with Crippen LogP contribution in [0.3, 0.4) is 0 Å². The van der Waals surface area contributed by atoms with Gasteiger partial charge in [-0.05, 0) is 43.0 Å². The van der Waals surface area contributed by atoms with Gasteiger partial charge in [0.05, 0.1) is 12.1 Å². The zero-order valence-corrected chi connectivity index (χ0v) is 12.4. The van der Waals surface area contributed by atoms with Crippen molar-refractivity contribution in [3.05, 3.63) is 47.5 Å². The predicted molar refractivity (Wildman–Crippen MR) is 75.3 cm³/mol. The summed E-state index contributed by atoms with van der Waals surface area (Å²) < 4.78 is 30.4. The Kier molecular flexibility index (Phi) is 4.95. The van der Waals surface area contributed by atoms with E-state index in [9.17, 15) is 13.6 Å². The van der Waals surface area contributed by atoms with Gasteiger partial charge in [0, 0.05) is 13.2 Å². The fourth-order valence-corrected chi connectivity index (χ4v) is 2.39. The van der Waals surface area contributed by atoms with Gasteiger partial charge in [0.1, 0.15) is 16.5 Å². The molecular weight excluding hydrogens is 298 g/mol. The summed E-state index contributed by atoms with van der Waals surface area (Å²) in [6.07, 6.45) is 1.39. The molecule has 0 aliphatic heterocycles. The Morgan fingerprint density at radius 3 is 2.81 bits per heavy atom. The van der Waals surface area contributed by atoms with Gasteiger partial charge in [-0.15, -0.1) is 0 Å². The van der Waals surface area contributed by atoms with Crippen LogP contribution in [-0.4, -0.2) is 28.6 Å². The van der Waals surface area contributed by atoms with Crippen molar-refractivity contribution in [1.82, 2.24) is 9.88 Å². The van der Waals surface area contributed by atoms with Crippen molar-refractivity contribution in [1.29, 1.82) is 0 Å². The van der Waals surface area contributed by atoms with E-state index in [-0.39, 0.29) is 34.8 Å². The third-order valence-corrected chi connectivity index (χ3v) is 3.46. The zero-order valence-electron chi connectivity index (χ0n) is 11.5. The van der Waals surface area contributed by atoms with Crippen molar-refractivity contribution in [2.45, 2.75) is 24.3 Å². The van der Waals surface area contributed by atoms with Crippen LogP contribution in [0.2, 0.25) is 0 Å². The summed E-state index contributed by atoms with van der Waals surface area (Å²) in [5.74, 6) is -1.61. The lowest BCUT2D eigenvalue weighted by Crippen LogP contribution is -2.26. The zero-order chi connectivity index (χ0) is 15.4. The van der Waals surface area contributed by atoms with Gasteiger partial charge in [0.25, 0.3) is 11.7 Å². The van der Waals surface area contributed by atoms with E-state index < -0.39 is 5.76 Å². The van der Waals surface area contributed by atoms with Gasteiger partial charge in [-0.3, -0.25) is 4.79 Å². The first-order valence-electron chi connectivity index (χ1n) is 6.18. The standard InChI is InChI=1S/C14H14F2N2O2S/c1-9-5-6-10(20-9)8-18(2)13(19)11-4-3-7-17-12(11)21-14(15)16/h3-7,14H,8H2,1-2H3. The molecule has 0 atom stereocenters. The molecule has 112 valence electrons. The Morgan fingerprint density at radius 2 is 2.19 bits per heavy atom. The van der Waals surface area contributed by atoms with Crippen LogP contribution in [0.1, 0.15) is 21.9 Å². The Morgan fingerprint density at radius 1 is 1.43 bits per heavy atom. The average Bonchev–Trinajstić information content (AvgIpc) is 2.83. The largest absolute Gasteiger partial charge is 0.464 e. The number of halogens is 2. The molecular formula is C14H14F2N2O2S. The number of furan rings is 1. The molecule has 0 saturated carbocycles. The maximum Gasteiger partial charge on any atom is 0.290 e. The molecule has 0 spiro atoms. The van der Waals surface area contributed by atoms with Crippen molar-refractivity contribution < 1.29 is 18.0 Å². The van der Waals surface area contributed by atoms with Gasteiger partial charge in [0.2, 0.25) is 0 Å². The first kappa shape index (κ1) is 15.5. The van der Waals surface area contributed by atoms with Crippen molar-refractivity contribution in [2.75, 3.05) is 7.05 Å². The molecule has 0 radical (unpaired) electrons. The third-order valence-electron chi connectivity index (χ3n) is 2.74. The van der Waals surface area contributed by atoms with Crippen LogP contribution in [0.4, 0.5) is 8.78 Å². The molecule has 2 rings (SSSR count). The number of nitrogens with zero attached hydrogens (tertiary/aromatic N) is 2. The lowest BCUT2D eigenvalue weighted by molar-refractivity contribution is 0.0770. The van der Waals surface area contributed by atoms with Crippen molar-refractivity contribution in [2.24, 2.45) is 0 Å². The minimum Gasteiger partial charge on any atom is -0.464 e. The first-order valence-corrected chi connectivity index (χ1v) is 7.06. The van der Waals surface area contributed by atoms with E-state index in [1.165, 1.54) is 17.2 Å². The maximum atomic E-state index is 12.5. The number of hydrogen-bond acceptors (Lipinski definition) is 4. The number of pyridine rings is 1. The van der Waals surface area contributed by atoms with Crippen molar-refractivity contribution in [3.8, 4) is 0 Å². The Balaban J connectivity index is 2.15. The summed E-state index contributed by atoms with van der Waals surface area (Å²) in [7, 11) is 1.59. The highest BCUT2D eigenvalue weighted by Crippen LogP contribution is 2.27. The number of aryl methyl sites for hydroxylation is 1. The molecule has 0 aliphatic carbocycles. The highest BCUT2D eigenvalue weighted by molar-refractivity contribution is 7.99. The summed E-state index contributed by atoms with van der Waals surface area (Å²) in [4.78, 5) is 17.6. The quantitative estimate of drug-likeness (QED) is 0.792. The second-order valence-corrected chi connectivity index (χ2v) is 5.39. The van der Waals surface area contributed by atoms with Crippen LogP contribution in [0.5, 0.6) is 0 Å².